The van der Waals surface area contributed by atoms with E-state index in [1.807, 2.05) is 0 Å². The summed E-state index contributed by atoms with van der Waals surface area (Å²) >= 11 is 0. The second-order valence-corrected chi connectivity index (χ2v) is 4.12. The molecule has 1 nitrogen and oxygen atoms in total. The highest BCUT2D eigenvalue weighted by atomic mass is 14.4. The Labute approximate surface area is 112 Å². The summed E-state index contributed by atoms with van der Waals surface area (Å²) in [4.78, 5) is 0. The Balaban J connectivity index is 0.00000137. The molecule has 0 atom stereocenters. The fourth-order valence-corrected chi connectivity index (χ4v) is 1.72. The number of hydrogen-bond donors (Lipinski definition) is 1. The van der Waals surface area contributed by atoms with Gasteiger partial charge in [0, 0.05) is 0 Å². The van der Waals surface area contributed by atoms with Crippen LogP contribution >= 0.6 is 0 Å². The quantitative estimate of drug-likeness (QED) is 0.734. The zero-order chi connectivity index (χ0) is 13.6. The predicted octanol–water partition coefficient (Wildman–Crippen LogP) is 4.50. The lowest BCUT2D eigenvalue weighted by molar-refractivity contribution is 0.772. The molecule has 0 bridgehead atoms. The van der Waals surface area contributed by atoms with E-state index in [0.717, 1.165) is 6.42 Å². The van der Waals surface area contributed by atoms with Gasteiger partial charge in [0.2, 0.25) is 0 Å². The van der Waals surface area contributed by atoms with Crippen LogP contribution in [-0.4, -0.2) is 7.05 Å². The molecule has 0 aliphatic rings. The van der Waals surface area contributed by atoms with Crippen molar-refractivity contribution < 1.29 is 0 Å². The van der Waals surface area contributed by atoms with E-state index in [1.165, 1.54) is 37.4 Å². The van der Waals surface area contributed by atoms with E-state index >= 15 is 0 Å². The van der Waals surface area contributed by atoms with E-state index in [-0.39, 0.29) is 0 Å². The van der Waals surface area contributed by atoms with Crippen LogP contribution in [0, 0.1) is 0 Å². The average molecular weight is 245 g/mol. The van der Waals surface area contributed by atoms with Gasteiger partial charge in [0.05, 0.1) is 0 Å². The van der Waals surface area contributed by atoms with Crippen molar-refractivity contribution in [2.45, 2.75) is 39.5 Å². The number of rotatable bonds is 6. The molecule has 0 heterocycles. The SMILES string of the molecule is C/C=C\C=C(\CCCC)Cc1ccccc1.CN. The van der Waals surface area contributed by atoms with Crippen LogP contribution in [0.3, 0.4) is 0 Å². The summed E-state index contributed by atoms with van der Waals surface area (Å²) in [6.45, 7) is 4.31. The normalized spacial score (nSPS) is 11.2. The second kappa shape index (κ2) is 12.1. The third-order valence-corrected chi connectivity index (χ3v) is 2.65. The van der Waals surface area contributed by atoms with Crippen molar-refractivity contribution in [2.75, 3.05) is 7.05 Å². The first-order chi connectivity index (χ1) is 8.86. The van der Waals surface area contributed by atoms with Crippen LogP contribution in [-0.2, 0) is 6.42 Å². The van der Waals surface area contributed by atoms with Gasteiger partial charge in [-0.1, -0.05) is 67.5 Å². The van der Waals surface area contributed by atoms with Gasteiger partial charge in [-0.25, -0.2) is 0 Å². The molecule has 1 aromatic carbocycles. The summed E-state index contributed by atoms with van der Waals surface area (Å²) in [5, 5.41) is 0. The van der Waals surface area contributed by atoms with Crippen molar-refractivity contribution in [1.29, 1.82) is 0 Å². The number of allylic oxidation sites excluding steroid dienone is 4. The fraction of sp³-hybridized carbons (Fsp3) is 0.412. The van der Waals surface area contributed by atoms with Gasteiger partial charge in [-0.3, -0.25) is 0 Å². The standard InChI is InChI=1S/C16H22.CH5N/c1-3-5-10-15(11-6-4-2)14-16-12-8-7-9-13-16;1-2/h3,5,7-10,12-13H,4,6,11,14H2,1-2H3;2H2,1H3/b5-3-,15-10-;. The molecule has 18 heavy (non-hydrogen) atoms. The van der Waals surface area contributed by atoms with Crippen LogP contribution in [0.2, 0.25) is 0 Å². The molecule has 0 saturated carbocycles. The van der Waals surface area contributed by atoms with E-state index in [0.29, 0.717) is 0 Å². The molecule has 0 amide bonds. The molecule has 0 fully saturated rings. The van der Waals surface area contributed by atoms with Gasteiger partial charge in [-0.15, -0.1) is 0 Å². The maximum atomic E-state index is 4.50. The number of benzene rings is 1. The molecule has 1 heteroatoms. The molecule has 100 valence electrons. The minimum absolute atomic E-state index is 1.09. The van der Waals surface area contributed by atoms with Crippen LogP contribution in [0.25, 0.3) is 0 Å². The Kier molecular flexibility index (Phi) is 11.2. The first-order valence-corrected chi connectivity index (χ1v) is 6.79. The van der Waals surface area contributed by atoms with Gasteiger partial charge in [0.25, 0.3) is 0 Å². The Bertz CT molecular complexity index is 336. The summed E-state index contributed by atoms with van der Waals surface area (Å²) in [5.74, 6) is 0. The first kappa shape index (κ1) is 16.7. The molecular weight excluding hydrogens is 218 g/mol. The van der Waals surface area contributed by atoms with Gasteiger partial charge in [-0.05, 0) is 38.8 Å². The van der Waals surface area contributed by atoms with E-state index in [1.54, 1.807) is 0 Å². The Morgan fingerprint density at radius 1 is 1.17 bits per heavy atom. The molecular formula is C17H27N. The molecule has 0 aromatic heterocycles. The minimum atomic E-state index is 1.09. The van der Waals surface area contributed by atoms with Crippen LogP contribution in [0.1, 0.15) is 38.7 Å². The summed E-state index contributed by atoms with van der Waals surface area (Å²) in [5.41, 5.74) is 7.44. The summed E-state index contributed by atoms with van der Waals surface area (Å²) in [7, 11) is 1.50. The lowest BCUT2D eigenvalue weighted by Gasteiger charge is -2.06. The third-order valence-electron chi connectivity index (χ3n) is 2.65. The maximum Gasteiger partial charge on any atom is -0.00640 e. The van der Waals surface area contributed by atoms with Gasteiger partial charge in [0.15, 0.2) is 0 Å². The predicted molar refractivity (Wildman–Crippen MR) is 82.7 cm³/mol. The van der Waals surface area contributed by atoms with Gasteiger partial charge >= 0.3 is 0 Å². The largest absolute Gasteiger partial charge is 0.333 e. The molecule has 0 saturated heterocycles. The molecule has 0 aliphatic heterocycles. The van der Waals surface area contributed by atoms with Crippen molar-refractivity contribution in [3.05, 3.63) is 59.7 Å². The van der Waals surface area contributed by atoms with Crippen molar-refractivity contribution in [2.24, 2.45) is 5.73 Å². The molecule has 0 unspecified atom stereocenters. The summed E-state index contributed by atoms with van der Waals surface area (Å²) in [6.07, 6.45) is 11.4. The highest BCUT2D eigenvalue weighted by Crippen LogP contribution is 2.14. The van der Waals surface area contributed by atoms with Crippen LogP contribution in [0.4, 0.5) is 0 Å². The van der Waals surface area contributed by atoms with E-state index in [2.05, 4.69) is 68.1 Å². The monoisotopic (exact) mass is 245 g/mol. The lowest BCUT2D eigenvalue weighted by Crippen LogP contribution is -1.90. The van der Waals surface area contributed by atoms with Crippen LogP contribution in [0.5, 0.6) is 0 Å². The smallest absolute Gasteiger partial charge is 0.00640 e. The van der Waals surface area contributed by atoms with E-state index in [9.17, 15) is 0 Å². The Hall–Kier alpha value is -1.34. The van der Waals surface area contributed by atoms with Gasteiger partial charge in [-0.2, -0.15) is 0 Å². The zero-order valence-corrected chi connectivity index (χ0v) is 12.0. The molecule has 0 aliphatic carbocycles. The fourth-order valence-electron chi connectivity index (χ4n) is 1.72. The summed E-state index contributed by atoms with van der Waals surface area (Å²) in [6, 6.07) is 10.7. The molecule has 1 aromatic rings. The third kappa shape index (κ3) is 7.86. The number of unbranched alkanes of at least 4 members (excludes halogenated alkanes) is 1. The first-order valence-electron chi connectivity index (χ1n) is 6.79. The van der Waals surface area contributed by atoms with Crippen molar-refractivity contribution >= 4 is 0 Å². The summed E-state index contributed by atoms with van der Waals surface area (Å²) < 4.78 is 0. The number of nitrogens with two attached hydrogens (primary N) is 1. The average Bonchev–Trinajstić information content (AvgIpc) is 2.45. The molecule has 2 N–H and O–H groups in total. The Morgan fingerprint density at radius 3 is 2.39 bits per heavy atom. The van der Waals surface area contributed by atoms with Gasteiger partial charge in [0.1, 0.15) is 0 Å². The Morgan fingerprint density at radius 2 is 1.83 bits per heavy atom. The van der Waals surface area contributed by atoms with E-state index < -0.39 is 0 Å². The lowest BCUT2D eigenvalue weighted by atomic mass is 10.00. The zero-order valence-electron chi connectivity index (χ0n) is 12.0. The highest BCUT2D eigenvalue weighted by molar-refractivity contribution is 5.24. The van der Waals surface area contributed by atoms with Crippen molar-refractivity contribution in [1.82, 2.24) is 0 Å². The minimum Gasteiger partial charge on any atom is -0.333 e. The topological polar surface area (TPSA) is 26.0 Å². The van der Waals surface area contributed by atoms with Crippen molar-refractivity contribution in [3.8, 4) is 0 Å². The van der Waals surface area contributed by atoms with Gasteiger partial charge < -0.3 is 5.73 Å². The highest BCUT2D eigenvalue weighted by Gasteiger charge is 1.98. The molecule has 1 rings (SSSR count). The van der Waals surface area contributed by atoms with Crippen LogP contribution < -0.4 is 5.73 Å². The van der Waals surface area contributed by atoms with E-state index in [4.69, 9.17) is 0 Å². The number of hydrogen-bond acceptors (Lipinski definition) is 1. The van der Waals surface area contributed by atoms with Crippen molar-refractivity contribution in [3.63, 3.8) is 0 Å². The molecule has 0 radical (unpaired) electrons. The molecule has 0 spiro atoms. The van der Waals surface area contributed by atoms with Crippen LogP contribution in [0.15, 0.2) is 54.1 Å². The second-order valence-electron chi connectivity index (χ2n) is 4.12. The maximum absolute atomic E-state index is 4.50.